The van der Waals surface area contributed by atoms with Crippen LogP contribution >= 0.6 is 0 Å². The summed E-state index contributed by atoms with van der Waals surface area (Å²) >= 11 is 0. The van der Waals surface area contributed by atoms with E-state index in [-0.39, 0.29) is 11.2 Å². The fraction of sp³-hybridized carbons (Fsp3) is 0.353. The highest BCUT2D eigenvalue weighted by Gasteiger charge is 2.49. The molecule has 1 fully saturated rings. The number of fused-ring (bicyclic) bond motifs is 1. The number of aryl methyl sites for hydroxylation is 1. The minimum absolute atomic E-state index is 0.0444. The molecule has 10 heteroatoms. The third kappa shape index (κ3) is 3.88. The van der Waals surface area contributed by atoms with Crippen molar-refractivity contribution in [2.45, 2.75) is 32.0 Å². The van der Waals surface area contributed by atoms with E-state index in [4.69, 9.17) is 11.5 Å². The number of carbonyl (C=O) groups is 1. The molecular formula is C17H19F3N6O. The van der Waals surface area contributed by atoms with Crippen LogP contribution in [0, 0.1) is 12.8 Å². The van der Waals surface area contributed by atoms with Crippen molar-refractivity contribution in [2.75, 3.05) is 0 Å². The van der Waals surface area contributed by atoms with Gasteiger partial charge in [0.05, 0.1) is 17.6 Å². The average Bonchev–Trinajstić information content (AvgIpc) is 3.34. The molecule has 1 aliphatic carbocycles. The summed E-state index contributed by atoms with van der Waals surface area (Å²) in [5.74, 6) is -1.45. The minimum atomic E-state index is -4.50. The highest BCUT2D eigenvalue weighted by atomic mass is 19.4. The normalized spacial score (nSPS) is 16.8. The van der Waals surface area contributed by atoms with Gasteiger partial charge >= 0.3 is 6.18 Å². The molecule has 3 rings (SSSR count). The standard InChI is InChI=1S/C17H19F3N6O/c1-9-7-13(12(22)3-2-6-21)24-15-11(8-23-26(9)15)16(27)25-14(10-4-5-10)17(18,19)20/h2-3,6-8,10,14H,4-5,21-22H2,1H3,(H,25,27)/b6-2-,12-3-. The molecule has 1 saturated carbocycles. The van der Waals surface area contributed by atoms with Crippen LogP contribution < -0.4 is 16.8 Å². The summed E-state index contributed by atoms with van der Waals surface area (Å²) in [6, 6.07) is -0.218. The van der Waals surface area contributed by atoms with Gasteiger partial charge in [-0.05, 0) is 50.1 Å². The molecule has 7 nitrogen and oxygen atoms in total. The van der Waals surface area contributed by atoms with Crippen molar-refractivity contribution in [1.29, 1.82) is 0 Å². The number of hydrogen-bond acceptors (Lipinski definition) is 5. The van der Waals surface area contributed by atoms with Gasteiger partial charge in [0.2, 0.25) is 0 Å². The van der Waals surface area contributed by atoms with Crippen LogP contribution in [-0.4, -0.2) is 32.7 Å². The van der Waals surface area contributed by atoms with E-state index in [1.54, 1.807) is 13.0 Å². The van der Waals surface area contributed by atoms with Crippen LogP contribution in [0.25, 0.3) is 11.3 Å². The van der Waals surface area contributed by atoms with Gasteiger partial charge in [0.1, 0.15) is 11.6 Å². The van der Waals surface area contributed by atoms with Gasteiger partial charge in [0, 0.05) is 5.69 Å². The van der Waals surface area contributed by atoms with Crippen LogP contribution in [-0.2, 0) is 0 Å². The summed E-state index contributed by atoms with van der Waals surface area (Å²) in [7, 11) is 0. The summed E-state index contributed by atoms with van der Waals surface area (Å²) in [6.45, 7) is 1.72. The Morgan fingerprint density at radius 1 is 1.44 bits per heavy atom. The Labute approximate surface area is 152 Å². The van der Waals surface area contributed by atoms with Gasteiger partial charge in [0.15, 0.2) is 5.65 Å². The van der Waals surface area contributed by atoms with Crippen molar-refractivity contribution in [3.63, 3.8) is 0 Å². The summed E-state index contributed by atoms with van der Waals surface area (Å²) < 4.78 is 40.9. The van der Waals surface area contributed by atoms with Crippen LogP contribution in [0.4, 0.5) is 13.2 Å². The number of alkyl halides is 3. The lowest BCUT2D eigenvalue weighted by Crippen LogP contribution is -2.46. The molecular weight excluding hydrogens is 361 g/mol. The molecule has 27 heavy (non-hydrogen) atoms. The zero-order valence-electron chi connectivity index (χ0n) is 14.5. The zero-order chi connectivity index (χ0) is 19.8. The summed E-state index contributed by atoms with van der Waals surface area (Å²) in [5.41, 5.74) is 12.6. The monoisotopic (exact) mass is 380 g/mol. The van der Waals surface area contributed by atoms with Gasteiger partial charge in [-0.3, -0.25) is 4.79 Å². The van der Waals surface area contributed by atoms with E-state index in [2.05, 4.69) is 15.4 Å². The maximum atomic E-state index is 13.2. The number of allylic oxidation sites excluding steroid dienone is 2. The molecule has 0 saturated heterocycles. The van der Waals surface area contributed by atoms with Crippen LogP contribution in [0.1, 0.15) is 34.6 Å². The maximum absolute atomic E-state index is 13.2. The molecule has 144 valence electrons. The number of amides is 1. The van der Waals surface area contributed by atoms with Crippen molar-refractivity contribution in [3.8, 4) is 0 Å². The van der Waals surface area contributed by atoms with Gasteiger partial charge in [-0.25, -0.2) is 9.50 Å². The highest BCUT2D eigenvalue weighted by molar-refractivity contribution is 6.00. The average molecular weight is 380 g/mol. The van der Waals surface area contributed by atoms with E-state index >= 15 is 0 Å². The number of nitrogens with one attached hydrogen (secondary N) is 1. The number of nitrogens with zero attached hydrogens (tertiary/aromatic N) is 3. The predicted octanol–water partition coefficient (Wildman–Crippen LogP) is 1.88. The first kappa shape index (κ1) is 18.7. The molecule has 1 aliphatic rings. The molecule has 0 spiro atoms. The number of aromatic nitrogens is 3. The second-order valence-electron chi connectivity index (χ2n) is 6.41. The maximum Gasteiger partial charge on any atom is 0.408 e. The predicted molar refractivity (Wildman–Crippen MR) is 93.2 cm³/mol. The fourth-order valence-electron chi connectivity index (χ4n) is 2.78. The second-order valence-corrected chi connectivity index (χ2v) is 6.41. The van der Waals surface area contributed by atoms with E-state index in [1.165, 1.54) is 29.1 Å². The van der Waals surface area contributed by atoms with E-state index in [9.17, 15) is 18.0 Å². The third-order valence-corrected chi connectivity index (χ3v) is 4.31. The van der Waals surface area contributed by atoms with Crippen molar-refractivity contribution in [2.24, 2.45) is 17.4 Å². The highest BCUT2D eigenvalue weighted by Crippen LogP contribution is 2.40. The topological polar surface area (TPSA) is 111 Å². The Kier molecular flexibility index (Phi) is 4.81. The molecule has 5 N–H and O–H groups in total. The number of halogens is 3. The van der Waals surface area contributed by atoms with E-state index in [0.717, 1.165) is 0 Å². The lowest BCUT2D eigenvalue weighted by molar-refractivity contribution is -0.158. The first-order valence-corrected chi connectivity index (χ1v) is 8.29. The fourth-order valence-corrected chi connectivity index (χ4v) is 2.78. The first-order valence-electron chi connectivity index (χ1n) is 8.29. The Hall–Kier alpha value is -3.04. The number of hydrogen-bond donors (Lipinski definition) is 3. The largest absolute Gasteiger partial charge is 0.408 e. The van der Waals surface area contributed by atoms with Crippen molar-refractivity contribution >= 4 is 17.3 Å². The Bertz CT molecular complexity index is 927. The minimum Gasteiger partial charge on any atom is -0.405 e. The second kappa shape index (κ2) is 6.93. The first-order chi connectivity index (χ1) is 12.7. The SMILES string of the molecule is Cc1cc(/C(N)=C/C=C\N)nc2c(C(=O)NC(C3CC3)C(F)(F)F)cnn12. The Balaban J connectivity index is 1.97. The van der Waals surface area contributed by atoms with E-state index in [1.807, 2.05) is 0 Å². The number of carbonyl (C=O) groups excluding carboxylic acids is 1. The summed E-state index contributed by atoms with van der Waals surface area (Å²) in [4.78, 5) is 16.8. The van der Waals surface area contributed by atoms with Crippen molar-refractivity contribution in [1.82, 2.24) is 19.9 Å². The van der Waals surface area contributed by atoms with Gasteiger partial charge < -0.3 is 16.8 Å². The summed E-state index contributed by atoms with van der Waals surface area (Å²) in [5, 5.41) is 6.13. The van der Waals surface area contributed by atoms with Crippen LogP contribution in [0.3, 0.4) is 0 Å². The molecule has 0 aliphatic heterocycles. The molecule has 1 unspecified atom stereocenters. The molecule has 1 atom stereocenters. The Morgan fingerprint density at radius 3 is 2.74 bits per heavy atom. The molecule has 2 aromatic heterocycles. The molecule has 2 aromatic rings. The smallest absolute Gasteiger partial charge is 0.405 e. The number of rotatable bonds is 5. The summed E-state index contributed by atoms with van der Waals surface area (Å²) in [6.07, 6.45) is 1.92. The Morgan fingerprint density at radius 2 is 2.15 bits per heavy atom. The van der Waals surface area contributed by atoms with E-state index in [0.29, 0.717) is 29.9 Å². The third-order valence-electron chi connectivity index (χ3n) is 4.31. The lowest BCUT2D eigenvalue weighted by atomic mass is 10.1. The lowest BCUT2D eigenvalue weighted by Gasteiger charge is -2.20. The van der Waals surface area contributed by atoms with Gasteiger partial charge in [-0.15, -0.1) is 0 Å². The van der Waals surface area contributed by atoms with Crippen molar-refractivity contribution < 1.29 is 18.0 Å². The van der Waals surface area contributed by atoms with Gasteiger partial charge in [-0.1, -0.05) is 0 Å². The molecule has 2 heterocycles. The zero-order valence-corrected chi connectivity index (χ0v) is 14.5. The molecule has 0 radical (unpaired) electrons. The van der Waals surface area contributed by atoms with Crippen LogP contribution in [0.5, 0.6) is 0 Å². The van der Waals surface area contributed by atoms with Gasteiger partial charge in [0.25, 0.3) is 5.91 Å². The quantitative estimate of drug-likeness (QED) is 0.686. The van der Waals surface area contributed by atoms with Gasteiger partial charge in [-0.2, -0.15) is 18.3 Å². The van der Waals surface area contributed by atoms with Crippen LogP contribution in [0.2, 0.25) is 0 Å². The van der Waals surface area contributed by atoms with Crippen LogP contribution in [0.15, 0.2) is 30.6 Å². The number of nitrogens with two attached hydrogens (primary N) is 2. The molecule has 0 aromatic carbocycles. The van der Waals surface area contributed by atoms with Crippen molar-refractivity contribution in [3.05, 3.63) is 47.6 Å². The molecule has 0 bridgehead atoms. The molecule has 1 amide bonds. The van der Waals surface area contributed by atoms with E-state index < -0.39 is 24.0 Å².